The maximum atomic E-state index is 12.9. The minimum atomic E-state index is -0.795. The Labute approximate surface area is 497 Å². The monoisotopic (exact) mass is 1120 g/mol. The number of allylic oxidation sites excluding steroid dienone is 12. The number of ether oxygens (including phenoxy) is 3. The Morgan fingerprint density at radius 2 is 0.487 bits per heavy atom. The van der Waals surface area contributed by atoms with Gasteiger partial charge in [0.05, 0.1) is 0 Å². The summed E-state index contributed by atoms with van der Waals surface area (Å²) in [6.45, 7) is 6.51. The largest absolute Gasteiger partial charge is 0.462 e. The van der Waals surface area contributed by atoms with Crippen LogP contribution in [0.5, 0.6) is 0 Å². The highest BCUT2D eigenvalue weighted by Gasteiger charge is 2.19. The van der Waals surface area contributed by atoms with Crippen LogP contribution in [0.4, 0.5) is 0 Å². The maximum absolute atomic E-state index is 12.9. The summed E-state index contributed by atoms with van der Waals surface area (Å²) in [4.78, 5) is 38.3. The van der Waals surface area contributed by atoms with Gasteiger partial charge in [0, 0.05) is 19.3 Å². The Kier molecular flexibility index (Phi) is 65.7. The van der Waals surface area contributed by atoms with Crippen LogP contribution in [-0.2, 0) is 28.6 Å². The first-order valence-corrected chi connectivity index (χ1v) is 34.9. The molecule has 0 N–H and O–H groups in total. The Morgan fingerprint density at radius 3 is 0.800 bits per heavy atom. The van der Waals surface area contributed by atoms with Crippen LogP contribution in [0.1, 0.15) is 361 Å². The molecule has 0 aliphatic heterocycles. The van der Waals surface area contributed by atoms with Crippen molar-refractivity contribution in [2.45, 2.75) is 367 Å². The molecule has 0 aromatic heterocycles. The van der Waals surface area contributed by atoms with Crippen LogP contribution in [0.25, 0.3) is 0 Å². The number of carbonyl (C=O) groups excluding carboxylic acids is 3. The number of unbranched alkanes of at least 4 members (excludes halogenated alkanes) is 41. The van der Waals surface area contributed by atoms with E-state index in [4.69, 9.17) is 14.2 Å². The summed E-state index contributed by atoms with van der Waals surface area (Å²) in [6.07, 6.45) is 89.5. The van der Waals surface area contributed by atoms with E-state index in [0.717, 1.165) is 109 Å². The summed E-state index contributed by atoms with van der Waals surface area (Å²) >= 11 is 0. The first kappa shape index (κ1) is 76.9. The number of carbonyl (C=O) groups is 3. The molecule has 0 heterocycles. The molecule has 6 nitrogen and oxygen atoms in total. The standard InChI is InChI=1S/C74H132O6/c1-4-7-10-13-16-19-22-25-27-29-31-32-33-34-35-36-37-38-39-40-41-43-44-46-49-52-55-58-61-64-67-73(76)79-70-71(69-78-72(75)66-63-60-57-54-51-48-24-21-18-15-12-9-6-3)80-74(77)68-65-62-59-56-53-50-47-45-42-30-28-26-23-20-17-14-11-8-5-2/h9,12,17-18,20-21,26,28,42,45,48,51,71H,4-8,10-11,13-16,19,22-25,27,29-41,43-44,46-47,49-50,52-70H2,1-3H3/b12-9-,20-17-,21-18-,28-26-,45-42-,51-48-. The van der Waals surface area contributed by atoms with E-state index in [1.807, 2.05) is 0 Å². The van der Waals surface area contributed by atoms with Crippen molar-refractivity contribution in [2.75, 3.05) is 13.2 Å². The van der Waals surface area contributed by atoms with E-state index in [9.17, 15) is 14.4 Å². The Balaban J connectivity index is 4.21. The fourth-order valence-corrected chi connectivity index (χ4v) is 10.2. The molecule has 0 aliphatic rings. The molecular weight excluding hydrogens is 985 g/mol. The quantitative estimate of drug-likeness (QED) is 0.0261. The molecule has 0 fully saturated rings. The zero-order valence-corrected chi connectivity index (χ0v) is 53.3. The fourth-order valence-electron chi connectivity index (χ4n) is 10.2. The van der Waals surface area contributed by atoms with Gasteiger partial charge in [0.2, 0.25) is 0 Å². The maximum Gasteiger partial charge on any atom is 0.306 e. The minimum Gasteiger partial charge on any atom is -0.462 e. The van der Waals surface area contributed by atoms with Crippen LogP contribution in [0.15, 0.2) is 72.9 Å². The number of esters is 3. The topological polar surface area (TPSA) is 78.9 Å². The van der Waals surface area contributed by atoms with Gasteiger partial charge in [0.25, 0.3) is 0 Å². The van der Waals surface area contributed by atoms with Crippen LogP contribution in [0, 0.1) is 0 Å². The van der Waals surface area contributed by atoms with Gasteiger partial charge >= 0.3 is 17.9 Å². The molecule has 0 saturated carbocycles. The van der Waals surface area contributed by atoms with Crippen LogP contribution < -0.4 is 0 Å². The summed E-state index contributed by atoms with van der Waals surface area (Å²) in [5.74, 6) is -0.914. The molecule has 0 spiro atoms. The third-order valence-corrected chi connectivity index (χ3v) is 15.4. The summed E-state index contributed by atoms with van der Waals surface area (Å²) in [5, 5.41) is 0. The van der Waals surface area contributed by atoms with E-state index < -0.39 is 6.10 Å². The molecule has 0 radical (unpaired) electrons. The van der Waals surface area contributed by atoms with E-state index in [1.54, 1.807) is 0 Å². The molecule has 0 aromatic carbocycles. The van der Waals surface area contributed by atoms with Gasteiger partial charge in [0.1, 0.15) is 13.2 Å². The molecule has 1 atom stereocenters. The van der Waals surface area contributed by atoms with Gasteiger partial charge in [-0.3, -0.25) is 14.4 Å². The molecule has 464 valence electrons. The van der Waals surface area contributed by atoms with Crippen LogP contribution in [-0.4, -0.2) is 37.2 Å². The predicted molar refractivity (Wildman–Crippen MR) is 348 cm³/mol. The average molecular weight is 1120 g/mol. The van der Waals surface area contributed by atoms with E-state index in [1.165, 1.54) is 212 Å². The van der Waals surface area contributed by atoms with Crippen LogP contribution in [0.3, 0.4) is 0 Å². The van der Waals surface area contributed by atoms with Crippen molar-refractivity contribution in [2.24, 2.45) is 0 Å². The van der Waals surface area contributed by atoms with Crippen molar-refractivity contribution in [3.05, 3.63) is 72.9 Å². The van der Waals surface area contributed by atoms with Crippen molar-refractivity contribution in [3.8, 4) is 0 Å². The zero-order valence-electron chi connectivity index (χ0n) is 53.3. The van der Waals surface area contributed by atoms with Crippen LogP contribution >= 0.6 is 0 Å². The molecule has 6 heteroatoms. The molecular formula is C74H132O6. The van der Waals surface area contributed by atoms with Crippen molar-refractivity contribution >= 4 is 17.9 Å². The first-order chi connectivity index (χ1) is 39.5. The third kappa shape index (κ3) is 65.7. The number of hydrogen-bond donors (Lipinski definition) is 0. The average Bonchev–Trinajstić information content (AvgIpc) is 3.46. The zero-order chi connectivity index (χ0) is 57.8. The van der Waals surface area contributed by atoms with E-state index >= 15 is 0 Å². The smallest absolute Gasteiger partial charge is 0.306 e. The normalized spacial score (nSPS) is 12.5. The minimum absolute atomic E-state index is 0.0876. The SMILES string of the molecule is CC/C=C\C/C=C\C/C=C\CCCCCC(=O)OCC(COC(=O)CCCCCCCCCCCCCCCCCCCCCCCCCCCCCCCC)OC(=O)CCCCCCCC/C=C\C/C=C\C/C=C\CCCCC. The number of hydrogen-bond acceptors (Lipinski definition) is 6. The van der Waals surface area contributed by atoms with Gasteiger partial charge in [-0.15, -0.1) is 0 Å². The molecule has 1 unspecified atom stereocenters. The lowest BCUT2D eigenvalue weighted by molar-refractivity contribution is -0.167. The van der Waals surface area contributed by atoms with Gasteiger partial charge in [-0.05, 0) is 89.9 Å². The lowest BCUT2D eigenvalue weighted by Crippen LogP contribution is -2.30. The van der Waals surface area contributed by atoms with Gasteiger partial charge in [0.15, 0.2) is 6.10 Å². The van der Waals surface area contributed by atoms with Crippen LogP contribution in [0.2, 0.25) is 0 Å². The second-order valence-corrected chi connectivity index (χ2v) is 23.4. The highest BCUT2D eigenvalue weighted by Crippen LogP contribution is 2.18. The number of rotatable bonds is 64. The van der Waals surface area contributed by atoms with Gasteiger partial charge in [-0.25, -0.2) is 0 Å². The predicted octanol–water partition coefficient (Wildman–Crippen LogP) is 24.1. The molecule has 0 aliphatic carbocycles. The molecule has 80 heavy (non-hydrogen) atoms. The highest BCUT2D eigenvalue weighted by atomic mass is 16.6. The van der Waals surface area contributed by atoms with Crippen molar-refractivity contribution in [1.29, 1.82) is 0 Å². The Hall–Kier alpha value is -3.15. The fraction of sp³-hybridized carbons (Fsp3) is 0.797. The third-order valence-electron chi connectivity index (χ3n) is 15.4. The Bertz CT molecular complexity index is 1470. The summed E-state index contributed by atoms with van der Waals surface area (Å²) in [5.41, 5.74) is 0. The first-order valence-electron chi connectivity index (χ1n) is 34.9. The Morgan fingerprint density at radius 1 is 0.263 bits per heavy atom. The van der Waals surface area contributed by atoms with Crippen molar-refractivity contribution < 1.29 is 28.6 Å². The van der Waals surface area contributed by atoms with Gasteiger partial charge in [-0.2, -0.15) is 0 Å². The molecule has 0 saturated heterocycles. The lowest BCUT2D eigenvalue weighted by atomic mass is 10.0. The lowest BCUT2D eigenvalue weighted by Gasteiger charge is -2.18. The van der Waals surface area contributed by atoms with E-state index in [-0.39, 0.29) is 31.1 Å². The highest BCUT2D eigenvalue weighted by molar-refractivity contribution is 5.71. The molecule has 0 rings (SSSR count). The summed E-state index contributed by atoms with van der Waals surface area (Å²) in [7, 11) is 0. The van der Waals surface area contributed by atoms with Gasteiger partial charge < -0.3 is 14.2 Å². The second kappa shape index (κ2) is 68.3. The molecule has 0 amide bonds. The molecule has 0 bridgehead atoms. The van der Waals surface area contributed by atoms with E-state index in [0.29, 0.717) is 19.3 Å². The molecule has 0 aromatic rings. The van der Waals surface area contributed by atoms with Crippen molar-refractivity contribution in [1.82, 2.24) is 0 Å². The summed E-state index contributed by atoms with van der Waals surface area (Å²) < 4.78 is 16.9. The second-order valence-electron chi connectivity index (χ2n) is 23.4. The van der Waals surface area contributed by atoms with Crippen molar-refractivity contribution in [3.63, 3.8) is 0 Å². The van der Waals surface area contributed by atoms with E-state index in [2.05, 4.69) is 93.7 Å². The summed E-state index contributed by atoms with van der Waals surface area (Å²) in [6, 6.07) is 0. The van der Waals surface area contributed by atoms with Gasteiger partial charge in [-0.1, -0.05) is 325 Å².